The van der Waals surface area contributed by atoms with Crippen LogP contribution in [-0.2, 0) is 11.2 Å². The van der Waals surface area contributed by atoms with E-state index in [1.165, 1.54) is 5.56 Å². The lowest BCUT2D eigenvalue weighted by Gasteiger charge is -2.37. The number of hydrogen-bond donors (Lipinski definition) is 0. The first kappa shape index (κ1) is 14.0. The van der Waals surface area contributed by atoms with Crippen molar-refractivity contribution in [3.8, 4) is 0 Å². The number of nitrogens with zero attached hydrogens (tertiary/aromatic N) is 2. The van der Waals surface area contributed by atoms with Crippen LogP contribution >= 0.6 is 12.2 Å². The average molecular weight is 276 g/mol. The molecule has 0 bridgehead atoms. The van der Waals surface area contributed by atoms with Crippen LogP contribution in [0.25, 0.3) is 0 Å². The Bertz CT molecular complexity index is 513. The molecule has 2 rings (SSSR count). The first-order valence-electron chi connectivity index (χ1n) is 6.80. The predicted molar refractivity (Wildman–Crippen MR) is 82.5 cm³/mol. The summed E-state index contributed by atoms with van der Waals surface area (Å²) in [4.78, 5) is 16.1. The predicted octanol–water partition coefficient (Wildman–Crippen LogP) is 2.90. The molecule has 0 spiro atoms. The fourth-order valence-corrected chi connectivity index (χ4v) is 2.94. The minimum Gasteiger partial charge on any atom is -0.348 e. The Labute approximate surface area is 120 Å². The van der Waals surface area contributed by atoms with E-state index in [9.17, 15) is 4.79 Å². The second kappa shape index (κ2) is 5.70. The van der Waals surface area contributed by atoms with Crippen molar-refractivity contribution in [1.29, 1.82) is 0 Å². The Morgan fingerprint density at radius 1 is 1.32 bits per heavy atom. The normalized spacial score (nSPS) is 16.2. The lowest BCUT2D eigenvalue weighted by molar-refractivity contribution is -0.118. The number of para-hydroxylation sites is 1. The summed E-state index contributed by atoms with van der Waals surface area (Å²) in [5.41, 5.74) is 3.26. The molecule has 1 amide bonds. The zero-order valence-corrected chi connectivity index (χ0v) is 12.6. The van der Waals surface area contributed by atoms with Gasteiger partial charge >= 0.3 is 0 Å². The summed E-state index contributed by atoms with van der Waals surface area (Å²) >= 11 is 5.50. The van der Waals surface area contributed by atoms with Crippen LogP contribution in [0.15, 0.2) is 18.2 Å². The van der Waals surface area contributed by atoms with Crippen molar-refractivity contribution >= 4 is 28.9 Å². The van der Waals surface area contributed by atoms with Crippen LogP contribution in [-0.4, -0.2) is 29.0 Å². The number of thiocarbonyl (C=S) groups is 1. The quantitative estimate of drug-likeness (QED) is 0.793. The van der Waals surface area contributed by atoms with Gasteiger partial charge in [-0.05, 0) is 43.6 Å². The SMILES string of the molecule is CCc1cccc(C)c1N1C(=O)CCN(CC)C1=S. The molecule has 0 aromatic heterocycles. The van der Waals surface area contributed by atoms with Crippen molar-refractivity contribution in [1.82, 2.24) is 4.90 Å². The van der Waals surface area contributed by atoms with Crippen molar-refractivity contribution in [3.05, 3.63) is 29.3 Å². The summed E-state index contributed by atoms with van der Waals surface area (Å²) in [5, 5.41) is 0.641. The van der Waals surface area contributed by atoms with Crippen molar-refractivity contribution < 1.29 is 4.79 Å². The molecule has 1 heterocycles. The van der Waals surface area contributed by atoms with Crippen molar-refractivity contribution in [2.45, 2.75) is 33.6 Å². The lowest BCUT2D eigenvalue weighted by Crippen LogP contribution is -2.52. The van der Waals surface area contributed by atoms with Crippen molar-refractivity contribution in [3.63, 3.8) is 0 Å². The van der Waals surface area contributed by atoms with Crippen LogP contribution in [0.1, 0.15) is 31.4 Å². The number of carbonyl (C=O) groups excluding carboxylic acids is 1. The van der Waals surface area contributed by atoms with Gasteiger partial charge < -0.3 is 4.90 Å². The molecular formula is C15H20N2OS. The Hall–Kier alpha value is -1.42. The van der Waals surface area contributed by atoms with E-state index in [1.807, 2.05) is 19.1 Å². The summed E-state index contributed by atoms with van der Waals surface area (Å²) < 4.78 is 0. The molecular weight excluding hydrogens is 256 g/mol. The summed E-state index contributed by atoms with van der Waals surface area (Å²) in [5.74, 6) is 0.110. The highest BCUT2D eigenvalue weighted by Crippen LogP contribution is 2.29. The van der Waals surface area contributed by atoms with Crippen LogP contribution in [0.3, 0.4) is 0 Å². The standard InChI is InChI=1S/C15H20N2OS/c1-4-12-8-6-7-11(3)14(12)17-13(18)9-10-16(5-2)15(17)19/h6-8H,4-5,9-10H2,1-3H3. The molecule has 1 fully saturated rings. The van der Waals surface area contributed by atoms with Gasteiger partial charge in [-0.1, -0.05) is 25.1 Å². The Morgan fingerprint density at radius 2 is 2.05 bits per heavy atom. The Balaban J connectivity index is 2.49. The molecule has 4 heteroatoms. The van der Waals surface area contributed by atoms with Gasteiger partial charge in [0.15, 0.2) is 5.11 Å². The van der Waals surface area contributed by atoms with Gasteiger partial charge in [0.05, 0.1) is 5.69 Å². The molecule has 19 heavy (non-hydrogen) atoms. The molecule has 0 unspecified atom stereocenters. The van der Waals surface area contributed by atoms with Gasteiger partial charge in [0, 0.05) is 19.5 Å². The topological polar surface area (TPSA) is 23.6 Å². The van der Waals surface area contributed by atoms with Crippen LogP contribution in [0.5, 0.6) is 0 Å². The Kier molecular flexibility index (Phi) is 4.20. The van der Waals surface area contributed by atoms with Gasteiger partial charge in [0.2, 0.25) is 5.91 Å². The number of anilines is 1. The van der Waals surface area contributed by atoms with E-state index in [-0.39, 0.29) is 5.91 Å². The number of aryl methyl sites for hydroxylation is 2. The van der Waals surface area contributed by atoms with Crippen LogP contribution < -0.4 is 4.90 Å². The largest absolute Gasteiger partial charge is 0.348 e. The summed E-state index contributed by atoms with van der Waals surface area (Å²) in [7, 11) is 0. The molecule has 0 radical (unpaired) electrons. The van der Waals surface area contributed by atoms with Crippen molar-refractivity contribution in [2.75, 3.05) is 18.0 Å². The molecule has 0 aliphatic carbocycles. The zero-order chi connectivity index (χ0) is 14.0. The van der Waals surface area contributed by atoms with Gasteiger partial charge in [0.25, 0.3) is 0 Å². The van der Waals surface area contributed by atoms with E-state index in [4.69, 9.17) is 12.2 Å². The molecule has 1 aliphatic heterocycles. The number of rotatable bonds is 3. The monoisotopic (exact) mass is 276 g/mol. The molecule has 102 valence electrons. The molecule has 3 nitrogen and oxygen atoms in total. The number of carbonyl (C=O) groups is 1. The first-order chi connectivity index (χ1) is 9.10. The number of hydrogen-bond acceptors (Lipinski definition) is 2. The highest BCUT2D eigenvalue weighted by molar-refractivity contribution is 7.80. The third-order valence-corrected chi connectivity index (χ3v) is 4.06. The minimum atomic E-state index is 0.110. The van der Waals surface area contributed by atoms with Gasteiger partial charge in [0.1, 0.15) is 0 Å². The second-order valence-corrected chi connectivity index (χ2v) is 5.14. The molecule has 0 N–H and O–H groups in total. The number of benzene rings is 1. The minimum absolute atomic E-state index is 0.110. The van der Waals surface area contributed by atoms with Gasteiger partial charge in [-0.3, -0.25) is 9.69 Å². The summed E-state index contributed by atoms with van der Waals surface area (Å²) in [6.45, 7) is 7.79. The maximum absolute atomic E-state index is 12.3. The third kappa shape index (κ3) is 2.50. The van der Waals surface area contributed by atoms with E-state index in [2.05, 4.69) is 24.8 Å². The maximum Gasteiger partial charge on any atom is 0.235 e. The Morgan fingerprint density at radius 3 is 2.68 bits per heavy atom. The third-order valence-electron chi connectivity index (χ3n) is 3.61. The molecule has 1 aliphatic rings. The maximum atomic E-state index is 12.3. The van der Waals surface area contributed by atoms with E-state index in [0.29, 0.717) is 11.5 Å². The van der Waals surface area contributed by atoms with Gasteiger partial charge in [-0.25, -0.2) is 0 Å². The fraction of sp³-hybridized carbons (Fsp3) is 0.467. The molecule has 1 saturated heterocycles. The smallest absolute Gasteiger partial charge is 0.235 e. The van der Waals surface area contributed by atoms with Crippen LogP contribution in [0.4, 0.5) is 5.69 Å². The molecule has 1 aromatic carbocycles. The first-order valence-corrected chi connectivity index (χ1v) is 7.21. The summed E-state index contributed by atoms with van der Waals surface area (Å²) in [6.07, 6.45) is 1.43. The van der Waals surface area contributed by atoms with Gasteiger partial charge in [-0.15, -0.1) is 0 Å². The second-order valence-electron chi connectivity index (χ2n) is 4.78. The summed E-state index contributed by atoms with van der Waals surface area (Å²) in [6, 6.07) is 6.14. The van der Waals surface area contributed by atoms with E-state index in [0.717, 1.165) is 30.8 Å². The highest BCUT2D eigenvalue weighted by atomic mass is 32.1. The number of amides is 1. The van der Waals surface area contributed by atoms with E-state index >= 15 is 0 Å². The highest BCUT2D eigenvalue weighted by Gasteiger charge is 2.31. The molecule has 1 aromatic rings. The molecule has 0 atom stereocenters. The molecule has 0 saturated carbocycles. The van der Waals surface area contributed by atoms with Gasteiger partial charge in [-0.2, -0.15) is 0 Å². The fourth-order valence-electron chi connectivity index (χ4n) is 2.52. The van der Waals surface area contributed by atoms with Crippen molar-refractivity contribution in [2.24, 2.45) is 0 Å². The van der Waals surface area contributed by atoms with Crippen LogP contribution in [0.2, 0.25) is 0 Å². The van der Waals surface area contributed by atoms with E-state index in [1.54, 1.807) is 4.90 Å². The zero-order valence-electron chi connectivity index (χ0n) is 11.8. The van der Waals surface area contributed by atoms with Crippen LogP contribution in [0, 0.1) is 6.92 Å². The average Bonchev–Trinajstić information content (AvgIpc) is 2.40. The lowest BCUT2D eigenvalue weighted by atomic mass is 10.0. The van der Waals surface area contributed by atoms with E-state index < -0.39 is 0 Å².